The summed E-state index contributed by atoms with van der Waals surface area (Å²) < 4.78 is 0. The average Bonchev–Trinajstić information content (AvgIpc) is 2.42. The highest BCUT2D eigenvalue weighted by Gasteiger charge is 2.20. The molecule has 0 radical (unpaired) electrons. The molecule has 1 aromatic carbocycles. The van der Waals surface area contributed by atoms with Crippen molar-refractivity contribution in [3.05, 3.63) is 38.9 Å². The molecule has 1 amide bonds. The number of nitro benzene ring substituents is 1. The molecule has 0 saturated heterocycles. The minimum Gasteiger partial charge on any atom is -0.351 e. The van der Waals surface area contributed by atoms with Gasteiger partial charge in [-0.3, -0.25) is 14.9 Å². The fourth-order valence-electron chi connectivity index (χ4n) is 1.87. The molecule has 21 heavy (non-hydrogen) atoms. The number of non-ortho nitro benzene ring substituents is 1. The maximum Gasteiger partial charge on any atom is 0.271 e. The fourth-order valence-corrected chi connectivity index (χ4v) is 2.23. The van der Waals surface area contributed by atoms with E-state index in [1.807, 2.05) is 13.8 Å². The summed E-state index contributed by atoms with van der Waals surface area (Å²) in [7, 11) is 0. The number of rotatable bonds is 7. The number of amides is 1. The van der Waals surface area contributed by atoms with Crippen LogP contribution in [-0.4, -0.2) is 23.3 Å². The lowest BCUT2D eigenvalue weighted by Gasteiger charge is -2.24. The van der Waals surface area contributed by atoms with Crippen molar-refractivity contribution < 1.29 is 9.72 Å². The molecule has 0 spiro atoms. The zero-order chi connectivity index (χ0) is 16.0. The van der Waals surface area contributed by atoms with Gasteiger partial charge in [0.05, 0.1) is 4.92 Å². The van der Waals surface area contributed by atoms with Crippen molar-refractivity contribution in [1.29, 1.82) is 0 Å². The molecule has 0 unspecified atom stereocenters. The molecule has 0 aliphatic carbocycles. The van der Waals surface area contributed by atoms with E-state index in [0.717, 1.165) is 12.8 Å². The van der Waals surface area contributed by atoms with E-state index in [4.69, 9.17) is 23.2 Å². The minimum atomic E-state index is -0.576. The molecule has 0 aromatic heterocycles. The van der Waals surface area contributed by atoms with Crippen LogP contribution in [0, 0.1) is 15.5 Å². The summed E-state index contributed by atoms with van der Waals surface area (Å²) in [6, 6.07) is 3.84. The highest BCUT2D eigenvalue weighted by molar-refractivity contribution is 6.31. The van der Waals surface area contributed by atoms with Crippen molar-refractivity contribution >= 4 is 34.8 Å². The molecule has 5 nitrogen and oxygen atoms in total. The van der Waals surface area contributed by atoms with Crippen molar-refractivity contribution in [2.75, 3.05) is 12.4 Å². The first-order chi connectivity index (χ1) is 9.75. The molecule has 0 heterocycles. The standard InChI is InChI=1S/C14H18Cl2N2O3/c1-14(2,4-3-5-15)9-17-13(19)10-6-11(16)8-12(7-10)18(20)21/h6-8H,3-5,9H2,1-2H3,(H,17,19). The third-order valence-electron chi connectivity index (χ3n) is 3.07. The van der Waals surface area contributed by atoms with Crippen LogP contribution in [0.3, 0.4) is 0 Å². The smallest absolute Gasteiger partial charge is 0.271 e. The number of alkyl halides is 1. The summed E-state index contributed by atoms with van der Waals surface area (Å²) in [5.74, 6) is 0.206. The Bertz CT molecular complexity index is 533. The molecule has 1 aromatic rings. The Morgan fingerprint density at radius 3 is 2.62 bits per heavy atom. The third-order valence-corrected chi connectivity index (χ3v) is 3.56. The average molecular weight is 333 g/mol. The molecule has 1 rings (SSSR count). The van der Waals surface area contributed by atoms with Crippen molar-refractivity contribution in [3.63, 3.8) is 0 Å². The molecule has 7 heteroatoms. The zero-order valence-electron chi connectivity index (χ0n) is 12.0. The topological polar surface area (TPSA) is 72.2 Å². The summed E-state index contributed by atoms with van der Waals surface area (Å²) in [6.45, 7) is 4.52. The molecular weight excluding hydrogens is 315 g/mol. The highest BCUT2D eigenvalue weighted by Crippen LogP contribution is 2.23. The summed E-state index contributed by atoms with van der Waals surface area (Å²) in [5, 5.41) is 13.7. The van der Waals surface area contributed by atoms with Gasteiger partial charge in [0.15, 0.2) is 0 Å². The number of carbonyl (C=O) groups is 1. The quantitative estimate of drug-likeness (QED) is 0.465. The largest absolute Gasteiger partial charge is 0.351 e. The normalized spacial score (nSPS) is 11.2. The van der Waals surface area contributed by atoms with Crippen LogP contribution >= 0.6 is 23.2 Å². The molecule has 1 N–H and O–H groups in total. The van der Waals surface area contributed by atoms with Crippen LogP contribution in [0.2, 0.25) is 5.02 Å². The van der Waals surface area contributed by atoms with Crippen LogP contribution in [-0.2, 0) is 0 Å². The fraction of sp³-hybridized carbons (Fsp3) is 0.500. The Balaban J connectivity index is 2.74. The summed E-state index contributed by atoms with van der Waals surface area (Å²) >= 11 is 11.5. The number of benzene rings is 1. The number of halogens is 2. The first-order valence-electron chi connectivity index (χ1n) is 6.54. The Morgan fingerprint density at radius 1 is 1.38 bits per heavy atom. The van der Waals surface area contributed by atoms with Crippen LogP contribution in [0.15, 0.2) is 18.2 Å². The van der Waals surface area contributed by atoms with Gasteiger partial charge >= 0.3 is 0 Å². The number of hydrogen-bond donors (Lipinski definition) is 1. The van der Waals surface area contributed by atoms with Crippen LogP contribution < -0.4 is 5.32 Å². The lowest BCUT2D eigenvalue weighted by Crippen LogP contribution is -2.34. The number of nitrogens with one attached hydrogen (secondary N) is 1. The maximum absolute atomic E-state index is 12.1. The highest BCUT2D eigenvalue weighted by atomic mass is 35.5. The van der Waals surface area contributed by atoms with Gasteiger partial charge in [-0.2, -0.15) is 0 Å². The Morgan fingerprint density at radius 2 is 2.05 bits per heavy atom. The Kier molecular flexibility index (Phi) is 6.42. The molecule has 116 valence electrons. The summed E-state index contributed by atoms with van der Waals surface area (Å²) in [5.41, 5.74) is -0.105. The molecule has 0 atom stereocenters. The molecule has 0 saturated carbocycles. The first-order valence-corrected chi connectivity index (χ1v) is 7.45. The van der Waals surface area contributed by atoms with E-state index < -0.39 is 4.92 Å². The number of carbonyl (C=O) groups excluding carboxylic acids is 1. The molecule has 0 aliphatic heterocycles. The lowest BCUT2D eigenvalue weighted by molar-refractivity contribution is -0.384. The van der Waals surface area contributed by atoms with Crippen LogP contribution in [0.1, 0.15) is 37.0 Å². The van der Waals surface area contributed by atoms with E-state index in [2.05, 4.69) is 5.32 Å². The molecule has 0 fully saturated rings. The molecule has 0 aliphatic rings. The van der Waals surface area contributed by atoms with Crippen molar-refractivity contribution in [2.45, 2.75) is 26.7 Å². The van der Waals surface area contributed by atoms with Crippen molar-refractivity contribution in [1.82, 2.24) is 5.32 Å². The van der Waals surface area contributed by atoms with Gasteiger partial charge in [-0.25, -0.2) is 0 Å². The van der Waals surface area contributed by atoms with E-state index in [9.17, 15) is 14.9 Å². The van der Waals surface area contributed by atoms with E-state index in [-0.39, 0.29) is 27.6 Å². The predicted molar refractivity (Wildman–Crippen MR) is 84.2 cm³/mol. The second-order valence-corrected chi connectivity index (χ2v) is 6.41. The van der Waals surface area contributed by atoms with Crippen LogP contribution in [0.25, 0.3) is 0 Å². The van der Waals surface area contributed by atoms with Gasteiger partial charge in [-0.15, -0.1) is 11.6 Å². The Labute approximate surface area is 133 Å². The first kappa shape index (κ1) is 17.7. The molecule has 0 bridgehead atoms. The molecular formula is C14H18Cl2N2O3. The van der Waals surface area contributed by atoms with Crippen molar-refractivity contribution in [2.24, 2.45) is 5.41 Å². The second kappa shape index (κ2) is 7.61. The number of nitrogens with zero attached hydrogens (tertiary/aromatic N) is 1. The van der Waals surface area contributed by atoms with E-state index in [0.29, 0.717) is 12.4 Å². The van der Waals surface area contributed by atoms with Gasteiger partial charge in [0.2, 0.25) is 0 Å². The SMILES string of the molecule is CC(C)(CCCCl)CNC(=O)c1cc(Cl)cc([N+](=O)[O-])c1. The van der Waals surface area contributed by atoms with E-state index in [1.165, 1.54) is 18.2 Å². The van der Waals surface area contributed by atoms with E-state index in [1.54, 1.807) is 0 Å². The lowest BCUT2D eigenvalue weighted by atomic mass is 9.88. The second-order valence-electron chi connectivity index (χ2n) is 5.59. The maximum atomic E-state index is 12.1. The zero-order valence-corrected chi connectivity index (χ0v) is 13.5. The summed E-state index contributed by atoms with van der Waals surface area (Å²) in [4.78, 5) is 22.3. The number of nitro groups is 1. The summed E-state index contributed by atoms with van der Waals surface area (Å²) in [6.07, 6.45) is 1.75. The van der Waals surface area contributed by atoms with Gasteiger partial charge in [0.1, 0.15) is 0 Å². The monoisotopic (exact) mass is 332 g/mol. The van der Waals surface area contributed by atoms with Crippen LogP contribution in [0.5, 0.6) is 0 Å². The third kappa shape index (κ3) is 5.89. The van der Waals surface area contributed by atoms with Gasteiger partial charge in [-0.05, 0) is 24.3 Å². The number of hydrogen-bond acceptors (Lipinski definition) is 3. The minimum absolute atomic E-state index is 0.0882. The van der Waals surface area contributed by atoms with Gasteiger partial charge in [0, 0.05) is 35.1 Å². The Hall–Kier alpha value is -1.33. The van der Waals surface area contributed by atoms with Gasteiger partial charge in [0.25, 0.3) is 11.6 Å². The van der Waals surface area contributed by atoms with Crippen molar-refractivity contribution in [3.8, 4) is 0 Å². The van der Waals surface area contributed by atoms with Gasteiger partial charge < -0.3 is 5.32 Å². The van der Waals surface area contributed by atoms with Crippen LogP contribution in [0.4, 0.5) is 5.69 Å². The predicted octanol–water partition coefficient (Wildman–Crippen LogP) is 4.02. The van der Waals surface area contributed by atoms with Gasteiger partial charge in [-0.1, -0.05) is 25.4 Å². The van der Waals surface area contributed by atoms with E-state index >= 15 is 0 Å².